The van der Waals surface area contributed by atoms with Gasteiger partial charge in [-0.1, -0.05) is 48.5 Å². The normalized spacial score (nSPS) is 20.3. The molecule has 4 aromatic carbocycles. The summed E-state index contributed by atoms with van der Waals surface area (Å²) < 4.78 is 28.0. The number of hydrogen-bond donors (Lipinski definition) is 0. The average molecular weight is 570 g/mol. The van der Waals surface area contributed by atoms with Crippen LogP contribution in [0.4, 0.5) is 0 Å². The summed E-state index contributed by atoms with van der Waals surface area (Å²) in [5.74, 6) is 0. The number of hydrogen-bond acceptors (Lipinski definition) is 5. The van der Waals surface area contributed by atoms with Gasteiger partial charge in [-0.3, -0.25) is 0 Å². The van der Waals surface area contributed by atoms with Crippen molar-refractivity contribution in [3.8, 4) is 11.8 Å². The molecule has 0 aliphatic carbocycles. The van der Waals surface area contributed by atoms with Crippen molar-refractivity contribution in [2.75, 3.05) is 0 Å². The smallest absolute Gasteiger partial charge is 0.399 e. The van der Waals surface area contributed by atoms with Crippen molar-refractivity contribution in [1.29, 1.82) is 5.26 Å². The SMILES string of the molecule is CC1(C)OB(c2ccc3c(c2)c2cc(B4OC(C)(C)C(C)(C)O4)ccc2n3-c2ccc(C#N)c3ccccc23)OC1(C)C. The van der Waals surface area contributed by atoms with Crippen LogP contribution in [-0.2, 0) is 18.6 Å². The molecule has 43 heavy (non-hydrogen) atoms. The Hall–Kier alpha value is -3.60. The van der Waals surface area contributed by atoms with E-state index < -0.39 is 36.6 Å². The van der Waals surface area contributed by atoms with Crippen molar-refractivity contribution in [2.45, 2.75) is 77.8 Å². The van der Waals surface area contributed by atoms with Crippen LogP contribution in [0.5, 0.6) is 0 Å². The van der Waals surface area contributed by atoms with Crippen LogP contribution in [-0.4, -0.2) is 41.2 Å². The van der Waals surface area contributed by atoms with Crippen LogP contribution in [0.15, 0.2) is 72.8 Å². The van der Waals surface area contributed by atoms with Gasteiger partial charge in [0, 0.05) is 21.5 Å². The fourth-order valence-corrected chi connectivity index (χ4v) is 6.15. The highest BCUT2D eigenvalue weighted by Crippen LogP contribution is 2.40. The van der Waals surface area contributed by atoms with Gasteiger partial charge in [0.2, 0.25) is 0 Å². The highest BCUT2D eigenvalue weighted by atomic mass is 16.7. The largest absolute Gasteiger partial charge is 0.494 e. The summed E-state index contributed by atoms with van der Waals surface area (Å²) in [5, 5.41) is 13.9. The maximum atomic E-state index is 9.81. The minimum atomic E-state index is -0.477. The third kappa shape index (κ3) is 4.17. The third-order valence-electron chi connectivity index (χ3n) is 10.1. The Morgan fingerprint density at radius 2 is 1.00 bits per heavy atom. The molecular weight excluding hydrogens is 534 g/mol. The first-order chi connectivity index (χ1) is 20.2. The number of aromatic nitrogens is 1. The Labute approximate surface area is 253 Å². The quantitative estimate of drug-likeness (QED) is 0.235. The molecule has 7 rings (SSSR count). The van der Waals surface area contributed by atoms with Gasteiger partial charge in [0.05, 0.1) is 50.8 Å². The molecule has 2 fully saturated rings. The number of nitriles is 1. The van der Waals surface area contributed by atoms with Crippen LogP contribution < -0.4 is 10.9 Å². The van der Waals surface area contributed by atoms with Gasteiger partial charge in [-0.2, -0.15) is 5.26 Å². The van der Waals surface area contributed by atoms with Crippen molar-refractivity contribution in [3.05, 3.63) is 78.4 Å². The van der Waals surface area contributed by atoms with E-state index in [1.807, 2.05) is 30.3 Å². The lowest BCUT2D eigenvalue weighted by Gasteiger charge is -2.32. The molecule has 0 amide bonds. The molecule has 1 aromatic heterocycles. The van der Waals surface area contributed by atoms with E-state index in [1.165, 1.54) is 0 Å². The second-order valence-electron chi connectivity index (χ2n) is 13.9. The monoisotopic (exact) mass is 570 g/mol. The molecule has 2 aliphatic heterocycles. The zero-order chi connectivity index (χ0) is 30.5. The first-order valence-corrected chi connectivity index (χ1v) is 14.9. The van der Waals surface area contributed by atoms with E-state index in [-0.39, 0.29) is 0 Å². The van der Waals surface area contributed by atoms with Gasteiger partial charge in [0.25, 0.3) is 0 Å². The highest BCUT2D eigenvalue weighted by Gasteiger charge is 2.53. The van der Waals surface area contributed by atoms with Crippen molar-refractivity contribution in [2.24, 2.45) is 0 Å². The molecule has 0 spiro atoms. The van der Waals surface area contributed by atoms with Gasteiger partial charge in [-0.25, -0.2) is 0 Å². The lowest BCUT2D eigenvalue weighted by Crippen LogP contribution is -2.41. The van der Waals surface area contributed by atoms with Crippen LogP contribution >= 0.6 is 0 Å². The van der Waals surface area contributed by atoms with Gasteiger partial charge in [0.1, 0.15) is 0 Å². The zero-order valence-corrected chi connectivity index (χ0v) is 26.1. The zero-order valence-electron chi connectivity index (χ0n) is 26.1. The van der Waals surface area contributed by atoms with E-state index in [0.717, 1.165) is 49.2 Å². The van der Waals surface area contributed by atoms with Crippen molar-refractivity contribution in [3.63, 3.8) is 0 Å². The number of benzene rings is 4. The molecule has 6 nitrogen and oxygen atoms in total. The maximum absolute atomic E-state index is 9.81. The van der Waals surface area contributed by atoms with E-state index in [4.69, 9.17) is 18.6 Å². The summed E-state index contributed by atoms with van der Waals surface area (Å²) in [4.78, 5) is 0. The van der Waals surface area contributed by atoms with Gasteiger partial charge in [-0.05, 0) is 90.6 Å². The molecule has 0 saturated carbocycles. The van der Waals surface area contributed by atoms with Gasteiger partial charge in [-0.15, -0.1) is 0 Å². The summed E-state index contributed by atoms with van der Waals surface area (Å²) >= 11 is 0. The average Bonchev–Trinajstić information content (AvgIpc) is 3.48. The van der Waals surface area contributed by atoms with Crippen LogP contribution in [0, 0.1) is 11.3 Å². The van der Waals surface area contributed by atoms with Crippen molar-refractivity contribution >= 4 is 57.7 Å². The minimum Gasteiger partial charge on any atom is -0.399 e. The Morgan fingerprint density at radius 3 is 1.44 bits per heavy atom. The predicted octanol–water partition coefficient (Wildman–Crippen LogP) is 6.41. The first-order valence-electron chi connectivity index (χ1n) is 14.9. The molecule has 3 heterocycles. The molecule has 5 aromatic rings. The van der Waals surface area contributed by atoms with E-state index in [2.05, 4.69) is 108 Å². The third-order valence-corrected chi connectivity index (χ3v) is 10.1. The molecule has 216 valence electrons. The van der Waals surface area contributed by atoms with Crippen molar-refractivity contribution < 1.29 is 18.6 Å². The lowest BCUT2D eigenvalue weighted by molar-refractivity contribution is 0.00578. The second-order valence-corrected chi connectivity index (χ2v) is 13.9. The molecule has 0 unspecified atom stereocenters. The molecule has 0 N–H and O–H groups in total. The van der Waals surface area contributed by atoms with Gasteiger partial charge in [0.15, 0.2) is 0 Å². The van der Waals surface area contributed by atoms with Gasteiger partial charge < -0.3 is 23.2 Å². The minimum absolute atomic E-state index is 0.439. The molecule has 0 atom stereocenters. The number of nitrogens with zero attached hydrogens (tertiary/aromatic N) is 2. The topological polar surface area (TPSA) is 65.6 Å². The van der Waals surface area contributed by atoms with E-state index in [0.29, 0.717) is 5.56 Å². The Kier molecular flexibility index (Phi) is 6.03. The van der Waals surface area contributed by atoms with E-state index in [9.17, 15) is 5.26 Å². The van der Waals surface area contributed by atoms with E-state index >= 15 is 0 Å². The summed E-state index contributed by atoms with van der Waals surface area (Å²) in [6.07, 6.45) is 0. The second kappa shape index (κ2) is 9.20. The fourth-order valence-electron chi connectivity index (χ4n) is 6.15. The van der Waals surface area contributed by atoms with Crippen LogP contribution in [0.3, 0.4) is 0 Å². The standard InChI is InChI=1S/C35H36B2N2O4/c1-32(2)33(3,4)41-36(40-32)23-14-17-30-27(19-23)28-20-24(37-42-34(5,6)35(7,8)43-37)15-18-31(28)39(30)29-16-13-22(21-38)25-11-9-10-12-26(25)29/h9-20H,1-8H3. The summed E-state index contributed by atoms with van der Waals surface area (Å²) in [6.45, 7) is 16.6. The molecular formula is C35H36B2N2O4. The molecule has 8 heteroatoms. The summed E-state index contributed by atoms with van der Waals surface area (Å²) in [5.41, 5.74) is 3.96. The Balaban J connectivity index is 1.47. The predicted molar refractivity (Wildman–Crippen MR) is 174 cm³/mol. The van der Waals surface area contributed by atoms with E-state index in [1.54, 1.807) is 0 Å². The maximum Gasteiger partial charge on any atom is 0.494 e. The van der Waals surface area contributed by atoms with Crippen LogP contribution in [0.2, 0.25) is 0 Å². The van der Waals surface area contributed by atoms with Crippen LogP contribution in [0.1, 0.15) is 61.0 Å². The Morgan fingerprint density at radius 1 is 0.558 bits per heavy atom. The fraction of sp³-hybridized carbons (Fsp3) is 0.343. The number of fused-ring (bicyclic) bond motifs is 4. The van der Waals surface area contributed by atoms with Crippen molar-refractivity contribution in [1.82, 2.24) is 4.57 Å². The number of rotatable bonds is 3. The highest BCUT2D eigenvalue weighted by molar-refractivity contribution is 6.63. The van der Waals surface area contributed by atoms with Crippen LogP contribution in [0.25, 0.3) is 38.3 Å². The molecule has 0 bridgehead atoms. The molecule has 0 radical (unpaired) electrons. The molecule has 2 saturated heterocycles. The summed E-state index contributed by atoms with van der Waals surface area (Å²) in [7, 11) is -0.954. The lowest BCUT2D eigenvalue weighted by atomic mass is 9.77. The summed E-state index contributed by atoms with van der Waals surface area (Å²) in [6, 6.07) is 27.3. The Bertz CT molecular complexity index is 1860. The van der Waals surface area contributed by atoms with Gasteiger partial charge >= 0.3 is 14.2 Å². The first kappa shape index (κ1) is 28.2. The molecule has 2 aliphatic rings.